The minimum Gasteiger partial charge on any atom is -0.352 e. The predicted molar refractivity (Wildman–Crippen MR) is 82.1 cm³/mol. The van der Waals surface area contributed by atoms with Crippen LogP contribution in [0.25, 0.3) is 10.9 Å². The first-order chi connectivity index (χ1) is 9.61. The lowest BCUT2D eigenvalue weighted by Gasteiger charge is -2.06. The van der Waals surface area contributed by atoms with E-state index in [-0.39, 0.29) is 5.91 Å². The van der Waals surface area contributed by atoms with Crippen molar-refractivity contribution in [2.24, 2.45) is 5.92 Å². The SMILES string of the molecule is CCn1c(C)c(C)c2cc(C(=O)NCC3CC3)ccc21. The van der Waals surface area contributed by atoms with Crippen LogP contribution in [0, 0.1) is 19.8 Å². The molecule has 3 heteroatoms. The summed E-state index contributed by atoms with van der Waals surface area (Å²) < 4.78 is 2.30. The van der Waals surface area contributed by atoms with Gasteiger partial charge in [-0.1, -0.05) is 0 Å². The third-order valence-corrected chi connectivity index (χ3v) is 4.47. The van der Waals surface area contributed by atoms with Gasteiger partial charge in [0.05, 0.1) is 0 Å². The van der Waals surface area contributed by atoms with E-state index in [0.29, 0.717) is 5.92 Å². The summed E-state index contributed by atoms with van der Waals surface area (Å²) in [5.74, 6) is 0.771. The van der Waals surface area contributed by atoms with Crippen molar-refractivity contribution in [3.8, 4) is 0 Å². The van der Waals surface area contributed by atoms with Gasteiger partial charge in [0, 0.05) is 35.2 Å². The summed E-state index contributed by atoms with van der Waals surface area (Å²) in [4.78, 5) is 12.2. The smallest absolute Gasteiger partial charge is 0.251 e. The Balaban J connectivity index is 1.93. The highest BCUT2D eigenvalue weighted by Crippen LogP contribution is 2.28. The molecule has 3 rings (SSSR count). The van der Waals surface area contributed by atoms with Crippen molar-refractivity contribution in [2.75, 3.05) is 6.54 Å². The molecule has 20 heavy (non-hydrogen) atoms. The van der Waals surface area contributed by atoms with Gasteiger partial charge in [0.15, 0.2) is 0 Å². The van der Waals surface area contributed by atoms with Crippen LogP contribution >= 0.6 is 0 Å². The topological polar surface area (TPSA) is 34.0 Å². The first-order valence-electron chi connectivity index (χ1n) is 7.49. The fourth-order valence-electron chi connectivity index (χ4n) is 2.86. The number of rotatable bonds is 4. The van der Waals surface area contributed by atoms with Gasteiger partial charge >= 0.3 is 0 Å². The number of fused-ring (bicyclic) bond motifs is 1. The Hall–Kier alpha value is -1.77. The van der Waals surface area contributed by atoms with E-state index in [1.165, 1.54) is 35.0 Å². The van der Waals surface area contributed by atoms with Crippen molar-refractivity contribution >= 4 is 16.8 Å². The second-order valence-electron chi connectivity index (χ2n) is 5.84. The molecule has 0 aliphatic heterocycles. The largest absolute Gasteiger partial charge is 0.352 e. The highest BCUT2D eigenvalue weighted by molar-refractivity contribution is 5.99. The molecule has 106 valence electrons. The third-order valence-electron chi connectivity index (χ3n) is 4.47. The normalized spacial score (nSPS) is 14.8. The minimum absolute atomic E-state index is 0.0556. The lowest BCUT2D eigenvalue weighted by molar-refractivity contribution is 0.0952. The zero-order chi connectivity index (χ0) is 14.3. The van der Waals surface area contributed by atoms with E-state index in [2.05, 4.69) is 36.7 Å². The molecule has 0 atom stereocenters. The lowest BCUT2D eigenvalue weighted by Crippen LogP contribution is -2.25. The summed E-state index contributed by atoms with van der Waals surface area (Å²) in [6.07, 6.45) is 2.52. The second-order valence-corrected chi connectivity index (χ2v) is 5.84. The fraction of sp³-hybridized carbons (Fsp3) is 0.471. The predicted octanol–water partition coefficient (Wildman–Crippen LogP) is 3.42. The summed E-state index contributed by atoms with van der Waals surface area (Å²) in [6.45, 7) is 8.22. The number of nitrogens with one attached hydrogen (secondary N) is 1. The molecule has 3 nitrogen and oxygen atoms in total. The summed E-state index contributed by atoms with van der Waals surface area (Å²) >= 11 is 0. The number of benzene rings is 1. The van der Waals surface area contributed by atoms with Gasteiger partial charge in [-0.15, -0.1) is 0 Å². The van der Waals surface area contributed by atoms with Crippen LogP contribution in [0.2, 0.25) is 0 Å². The van der Waals surface area contributed by atoms with Crippen LogP contribution < -0.4 is 5.32 Å². The number of aryl methyl sites for hydroxylation is 2. The molecule has 2 aromatic rings. The van der Waals surface area contributed by atoms with Gasteiger partial charge in [-0.3, -0.25) is 4.79 Å². The first kappa shape index (κ1) is 13.2. The molecule has 1 N–H and O–H groups in total. The Morgan fingerprint density at radius 2 is 2.10 bits per heavy atom. The molecule has 0 radical (unpaired) electrons. The average Bonchev–Trinajstić information content (AvgIpc) is 3.25. The maximum absolute atomic E-state index is 12.2. The number of hydrogen-bond acceptors (Lipinski definition) is 1. The van der Waals surface area contributed by atoms with Crippen molar-refractivity contribution in [3.63, 3.8) is 0 Å². The number of carbonyl (C=O) groups excluding carboxylic acids is 1. The summed E-state index contributed by atoms with van der Waals surface area (Å²) in [6, 6.07) is 6.05. The lowest BCUT2D eigenvalue weighted by atomic mass is 10.1. The monoisotopic (exact) mass is 270 g/mol. The Kier molecular flexibility index (Phi) is 3.28. The van der Waals surface area contributed by atoms with E-state index in [0.717, 1.165) is 18.7 Å². The zero-order valence-electron chi connectivity index (χ0n) is 12.5. The van der Waals surface area contributed by atoms with Crippen LogP contribution in [-0.4, -0.2) is 17.0 Å². The molecule has 1 aromatic carbocycles. The molecular weight excluding hydrogens is 248 g/mol. The van der Waals surface area contributed by atoms with Gasteiger partial charge in [0.25, 0.3) is 5.91 Å². The van der Waals surface area contributed by atoms with Crippen LogP contribution in [0.4, 0.5) is 0 Å². The van der Waals surface area contributed by atoms with Crippen molar-refractivity contribution in [1.82, 2.24) is 9.88 Å². The molecule has 1 aliphatic rings. The van der Waals surface area contributed by atoms with Crippen molar-refractivity contribution in [3.05, 3.63) is 35.0 Å². The number of amides is 1. The van der Waals surface area contributed by atoms with Crippen molar-refractivity contribution < 1.29 is 4.79 Å². The second kappa shape index (κ2) is 4.97. The standard InChI is InChI=1S/C17H22N2O/c1-4-19-12(3)11(2)15-9-14(7-8-16(15)19)17(20)18-10-13-5-6-13/h7-9,13H,4-6,10H2,1-3H3,(H,18,20). The van der Waals surface area contributed by atoms with Crippen LogP contribution in [0.1, 0.15) is 41.4 Å². The fourth-order valence-corrected chi connectivity index (χ4v) is 2.86. The quantitative estimate of drug-likeness (QED) is 0.907. The third kappa shape index (κ3) is 2.21. The van der Waals surface area contributed by atoms with Gasteiger partial charge in [-0.25, -0.2) is 0 Å². The van der Waals surface area contributed by atoms with Crippen LogP contribution in [-0.2, 0) is 6.54 Å². The number of carbonyl (C=O) groups is 1. The van der Waals surface area contributed by atoms with Crippen molar-refractivity contribution in [1.29, 1.82) is 0 Å². The molecule has 0 spiro atoms. The molecule has 0 saturated heterocycles. The number of nitrogens with zero attached hydrogens (tertiary/aromatic N) is 1. The summed E-state index contributed by atoms with van der Waals surface area (Å²) in [5, 5.41) is 4.23. The summed E-state index contributed by atoms with van der Waals surface area (Å²) in [7, 11) is 0. The molecular formula is C17H22N2O. The van der Waals surface area contributed by atoms with Gasteiger partial charge in [0.2, 0.25) is 0 Å². The van der Waals surface area contributed by atoms with E-state index < -0.39 is 0 Å². The first-order valence-corrected chi connectivity index (χ1v) is 7.49. The van der Waals surface area contributed by atoms with E-state index in [1.54, 1.807) is 0 Å². The summed E-state index contributed by atoms with van der Waals surface area (Å²) in [5.41, 5.74) is 4.56. The molecule has 1 amide bonds. The molecule has 0 bridgehead atoms. The highest BCUT2D eigenvalue weighted by Gasteiger charge is 2.22. The Bertz CT molecular complexity index is 665. The molecule has 1 heterocycles. The van der Waals surface area contributed by atoms with E-state index in [1.807, 2.05) is 12.1 Å². The van der Waals surface area contributed by atoms with Gasteiger partial charge < -0.3 is 9.88 Å². The average molecular weight is 270 g/mol. The maximum atomic E-state index is 12.2. The van der Waals surface area contributed by atoms with E-state index >= 15 is 0 Å². The minimum atomic E-state index is 0.0556. The number of hydrogen-bond donors (Lipinski definition) is 1. The molecule has 1 fully saturated rings. The molecule has 0 unspecified atom stereocenters. The van der Waals surface area contributed by atoms with Gasteiger partial charge in [-0.2, -0.15) is 0 Å². The Morgan fingerprint density at radius 3 is 2.75 bits per heavy atom. The van der Waals surface area contributed by atoms with Crippen LogP contribution in [0.15, 0.2) is 18.2 Å². The molecule has 1 aromatic heterocycles. The van der Waals surface area contributed by atoms with E-state index in [9.17, 15) is 4.79 Å². The number of aromatic nitrogens is 1. The van der Waals surface area contributed by atoms with Crippen LogP contribution in [0.5, 0.6) is 0 Å². The van der Waals surface area contributed by atoms with Gasteiger partial charge in [-0.05, 0) is 63.3 Å². The Morgan fingerprint density at radius 1 is 1.35 bits per heavy atom. The van der Waals surface area contributed by atoms with E-state index in [4.69, 9.17) is 0 Å². The highest BCUT2D eigenvalue weighted by atomic mass is 16.1. The van der Waals surface area contributed by atoms with Crippen LogP contribution in [0.3, 0.4) is 0 Å². The molecule has 1 saturated carbocycles. The Labute approximate surface area is 120 Å². The maximum Gasteiger partial charge on any atom is 0.251 e. The molecule has 1 aliphatic carbocycles. The van der Waals surface area contributed by atoms with Gasteiger partial charge in [0.1, 0.15) is 0 Å². The van der Waals surface area contributed by atoms with Crippen molar-refractivity contribution in [2.45, 2.75) is 40.2 Å². The zero-order valence-corrected chi connectivity index (χ0v) is 12.5.